The molecule has 146 valence electrons. The van der Waals surface area contributed by atoms with Crippen LogP contribution >= 0.6 is 24.0 Å². The molecular formula is C21H28IN3O2. The summed E-state index contributed by atoms with van der Waals surface area (Å²) in [5.41, 5.74) is 2.59. The number of esters is 1. The average molecular weight is 481 g/mol. The second kappa shape index (κ2) is 13.1. The van der Waals surface area contributed by atoms with Gasteiger partial charge < -0.3 is 15.4 Å². The van der Waals surface area contributed by atoms with Crippen LogP contribution in [0.1, 0.15) is 23.5 Å². The molecule has 2 aromatic carbocycles. The molecule has 0 aliphatic rings. The number of carbonyl (C=O) groups excluding carboxylic acids is 1. The molecule has 1 atom stereocenters. The smallest absolute Gasteiger partial charge is 0.307 e. The van der Waals surface area contributed by atoms with E-state index in [4.69, 9.17) is 0 Å². The highest BCUT2D eigenvalue weighted by atomic mass is 127. The molecule has 0 bridgehead atoms. The normalized spacial score (nSPS) is 11.9. The number of carbonyl (C=O) groups is 1. The molecule has 6 heteroatoms. The fraction of sp³-hybridized carbons (Fsp3) is 0.333. The number of nitrogens with one attached hydrogen (secondary N) is 2. The molecule has 0 spiro atoms. The Hall–Kier alpha value is -2.09. The molecule has 0 saturated heterocycles. The molecule has 0 fully saturated rings. The zero-order valence-corrected chi connectivity index (χ0v) is 18.2. The van der Waals surface area contributed by atoms with Gasteiger partial charge in [0.15, 0.2) is 5.96 Å². The number of benzene rings is 2. The van der Waals surface area contributed by atoms with E-state index in [9.17, 15) is 4.79 Å². The van der Waals surface area contributed by atoms with Crippen molar-refractivity contribution in [3.05, 3.63) is 71.8 Å². The van der Waals surface area contributed by atoms with Crippen LogP contribution < -0.4 is 10.6 Å². The Morgan fingerprint density at radius 3 is 2.26 bits per heavy atom. The lowest BCUT2D eigenvalue weighted by Crippen LogP contribution is -2.40. The molecule has 0 aliphatic carbocycles. The van der Waals surface area contributed by atoms with Crippen LogP contribution in [0.4, 0.5) is 0 Å². The van der Waals surface area contributed by atoms with Crippen molar-refractivity contribution in [1.29, 1.82) is 0 Å². The summed E-state index contributed by atoms with van der Waals surface area (Å²) in [5, 5.41) is 6.51. The predicted octanol–water partition coefficient (Wildman–Crippen LogP) is 3.36. The number of ether oxygens (including phenoxy) is 1. The molecule has 0 amide bonds. The quantitative estimate of drug-likeness (QED) is 0.263. The summed E-state index contributed by atoms with van der Waals surface area (Å²) in [4.78, 5) is 15.4. The Morgan fingerprint density at radius 1 is 1.04 bits per heavy atom. The van der Waals surface area contributed by atoms with E-state index in [1.807, 2.05) is 12.1 Å². The SMILES string of the molecule is CN=C(NCCC(=O)OC)NCC(Cc1ccccc1)c1ccccc1.I. The second-order valence-electron chi connectivity index (χ2n) is 6.00. The molecular weight excluding hydrogens is 453 g/mol. The van der Waals surface area contributed by atoms with Gasteiger partial charge in [0, 0.05) is 26.1 Å². The van der Waals surface area contributed by atoms with Crippen molar-refractivity contribution in [2.45, 2.75) is 18.8 Å². The molecule has 0 radical (unpaired) electrons. The summed E-state index contributed by atoms with van der Waals surface area (Å²) in [6.07, 6.45) is 1.25. The van der Waals surface area contributed by atoms with Crippen molar-refractivity contribution in [2.24, 2.45) is 4.99 Å². The highest BCUT2D eigenvalue weighted by Gasteiger charge is 2.13. The lowest BCUT2D eigenvalue weighted by Gasteiger charge is -2.20. The molecule has 2 aromatic rings. The van der Waals surface area contributed by atoms with Gasteiger partial charge in [-0.2, -0.15) is 0 Å². The molecule has 0 aromatic heterocycles. The van der Waals surface area contributed by atoms with E-state index in [2.05, 4.69) is 68.9 Å². The van der Waals surface area contributed by atoms with Crippen LogP contribution in [0.2, 0.25) is 0 Å². The fourth-order valence-corrected chi connectivity index (χ4v) is 2.76. The molecule has 0 aliphatic heterocycles. The van der Waals surface area contributed by atoms with Crippen molar-refractivity contribution in [1.82, 2.24) is 10.6 Å². The largest absolute Gasteiger partial charge is 0.469 e. The lowest BCUT2D eigenvalue weighted by molar-refractivity contribution is -0.140. The van der Waals surface area contributed by atoms with E-state index in [1.54, 1.807) is 7.05 Å². The van der Waals surface area contributed by atoms with Crippen LogP contribution in [0.15, 0.2) is 65.7 Å². The van der Waals surface area contributed by atoms with Crippen LogP contribution in [0.3, 0.4) is 0 Å². The summed E-state index contributed by atoms with van der Waals surface area (Å²) in [6.45, 7) is 1.23. The van der Waals surface area contributed by atoms with E-state index in [1.165, 1.54) is 18.2 Å². The number of methoxy groups -OCH3 is 1. The number of guanidine groups is 1. The maximum atomic E-state index is 11.2. The molecule has 27 heavy (non-hydrogen) atoms. The minimum atomic E-state index is -0.237. The summed E-state index contributed by atoms with van der Waals surface area (Å²) in [7, 11) is 3.12. The van der Waals surface area contributed by atoms with Crippen LogP contribution in [0.5, 0.6) is 0 Å². The number of aliphatic imine (C=N–C) groups is 1. The molecule has 5 nitrogen and oxygen atoms in total. The molecule has 2 N–H and O–H groups in total. The van der Waals surface area contributed by atoms with Crippen molar-refractivity contribution >= 4 is 35.9 Å². The van der Waals surface area contributed by atoms with E-state index in [0.717, 1.165) is 13.0 Å². The molecule has 2 rings (SSSR count). The van der Waals surface area contributed by atoms with Crippen molar-refractivity contribution < 1.29 is 9.53 Å². The maximum Gasteiger partial charge on any atom is 0.307 e. The van der Waals surface area contributed by atoms with Gasteiger partial charge in [-0.25, -0.2) is 0 Å². The van der Waals surface area contributed by atoms with Gasteiger partial charge in [0.1, 0.15) is 0 Å². The highest BCUT2D eigenvalue weighted by Crippen LogP contribution is 2.20. The molecule has 0 saturated carbocycles. The van der Waals surface area contributed by atoms with Gasteiger partial charge in [-0.15, -0.1) is 24.0 Å². The van der Waals surface area contributed by atoms with E-state index in [-0.39, 0.29) is 29.9 Å². The number of hydrogen-bond acceptors (Lipinski definition) is 3. The van der Waals surface area contributed by atoms with E-state index >= 15 is 0 Å². The maximum absolute atomic E-state index is 11.2. The van der Waals surface area contributed by atoms with Crippen LogP contribution in [-0.4, -0.2) is 39.2 Å². The Bertz CT molecular complexity index is 693. The van der Waals surface area contributed by atoms with E-state index < -0.39 is 0 Å². The Labute approximate surface area is 178 Å². The zero-order valence-electron chi connectivity index (χ0n) is 15.9. The van der Waals surface area contributed by atoms with Gasteiger partial charge in [0.05, 0.1) is 13.5 Å². The van der Waals surface area contributed by atoms with Gasteiger partial charge in [0.2, 0.25) is 0 Å². The van der Waals surface area contributed by atoms with Gasteiger partial charge in [-0.05, 0) is 17.5 Å². The van der Waals surface area contributed by atoms with Gasteiger partial charge in [-0.1, -0.05) is 60.7 Å². The first-order valence-corrected chi connectivity index (χ1v) is 8.83. The monoisotopic (exact) mass is 481 g/mol. The van der Waals surface area contributed by atoms with Gasteiger partial charge >= 0.3 is 5.97 Å². The summed E-state index contributed by atoms with van der Waals surface area (Å²) >= 11 is 0. The van der Waals surface area contributed by atoms with Crippen molar-refractivity contribution in [2.75, 3.05) is 27.2 Å². The Balaban J connectivity index is 0.00000364. The standard InChI is InChI=1S/C21H27N3O2.HI/c1-22-21(23-14-13-20(25)26-2)24-16-19(18-11-7-4-8-12-18)15-17-9-5-3-6-10-17;/h3-12,19H,13-16H2,1-2H3,(H2,22,23,24);1H. The average Bonchev–Trinajstić information content (AvgIpc) is 2.70. The number of nitrogens with zero attached hydrogens (tertiary/aromatic N) is 1. The van der Waals surface area contributed by atoms with E-state index in [0.29, 0.717) is 24.8 Å². The number of halogens is 1. The summed E-state index contributed by atoms with van der Waals surface area (Å²) in [6, 6.07) is 20.9. The third kappa shape index (κ3) is 8.43. The number of hydrogen-bond donors (Lipinski definition) is 2. The zero-order chi connectivity index (χ0) is 18.6. The third-order valence-corrected chi connectivity index (χ3v) is 4.18. The van der Waals surface area contributed by atoms with Crippen LogP contribution in [-0.2, 0) is 16.0 Å². The van der Waals surface area contributed by atoms with Gasteiger partial charge in [-0.3, -0.25) is 9.79 Å². The topological polar surface area (TPSA) is 62.7 Å². The number of rotatable bonds is 8. The minimum Gasteiger partial charge on any atom is -0.469 e. The second-order valence-corrected chi connectivity index (χ2v) is 6.00. The highest BCUT2D eigenvalue weighted by molar-refractivity contribution is 14.0. The van der Waals surface area contributed by atoms with Crippen LogP contribution in [0, 0.1) is 0 Å². The summed E-state index contributed by atoms with van der Waals surface area (Å²) < 4.78 is 4.65. The predicted molar refractivity (Wildman–Crippen MR) is 121 cm³/mol. The van der Waals surface area contributed by atoms with Crippen molar-refractivity contribution in [3.8, 4) is 0 Å². The van der Waals surface area contributed by atoms with Gasteiger partial charge in [0.25, 0.3) is 0 Å². The summed E-state index contributed by atoms with van der Waals surface area (Å²) in [5.74, 6) is 0.764. The lowest BCUT2D eigenvalue weighted by atomic mass is 9.92. The molecule has 0 heterocycles. The first kappa shape index (κ1) is 23.0. The fourth-order valence-electron chi connectivity index (χ4n) is 2.76. The third-order valence-electron chi connectivity index (χ3n) is 4.18. The minimum absolute atomic E-state index is 0. The first-order chi connectivity index (χ1) is 12.7. The first-order valence-electron chi connectivity index (χ1n) is 8.83. The van der Waals surface area contributed by atoms with Crippen molar-refractivity contribution in [3.63, 3.8) is 0 Å². The Kier molecular flexibility index (Phi) is 11.2. The van der Waals surface area contributed by atoms with Crippen LogP contribution in [0.25, 0.3) is 0 Å². The molecule has 1 unspecified atom stereocenters. The Morgan fingerprint density at radius 2 is 1.67 bits per heavy atom.